The van der Waals surface area contributed by atoms with Crippen LogP contribution in [0, 0.1) is 0 Å². The summed E-state index contributed by atoms with van der Waals surface area (Å²) in [5.41, 5.74) is 0. The first-order chi connectivity index (χ1) is 54.3. The van der Waals surface area contributed by atoms with Gasteiger partial charge in [0, 0.05) is 6.42 Å². The molecule has 650 valence electrons. The molecule has 0 spiro atoms. The average molecular weight is 1580 g/mol. The van der Waals surface area contributed by atoms with Crippen LogP contribution in [-0.4, -0.2) is 193 Å². The summed E-state index contributed by atoms with van der Waals surface area (Å²) in [5, 5.41) is 121. The van der Waals surface area contributed by atoms with E-state index >= 15 is 0 Å². The molecule has 3 aliphatic heterocycles. The van der Waals surface area contributed by atoms with Crippen molar-refractivity contribution in [2.24, 2.45) is 0 Å². The van der Waals surface area contributed by atoms with Crippen LogP contribution in [0.15, 0.2) is 60.8 Å². The highest BCUT2D eigenvalue weighted by atomic mass is 16.8. The summed E-state index contributed by atoms with van der Waals surface area (Å²) in [4.78, 5) is 13.5. The van der Waals surface area contributed by atoms with Crippen LogP contribution in [0.25, 0.3) is 0 Å². The smallest absolute Gasteiger partial charge is 0.220 e. The molecule has 0 saturated carbocycles. The van der Waals surface area contributed by atoms with Gasteiger partial charge in [-0.25, -0.2) is 0 Å². The second-order valence-electron chi connectivity index (χ2n) is 32.8. The highest BCUT2D eigenvalue weighted by molar-refractivity contribution is 5.76. The van der Waals surface area contributed by atoms with Crippen molar-refractivity contribution in [1.29, 1.82) is 0 Å². The third-order valence-corrected chi connectivity index (χ3v) is 22.8. The number of ether oxygens (including phenoxy) is 6. The van der Waals surface area contributed by atoms with Crippen molar-refractivity contribution >= 4 is 5.91 Å². The molecule has 0 aromatic carbocycles. The van der Waals surface area contributed by atoms with E-state index in [4.69, 9.17) is 28.4 Å². The molecule has 12 N–H and O–H groups in total. The Kier molecular flexibility index (Phi) is 66.2. The highest BCUT2D eigenvalue weighted by Gasteiger charge is 2.54. The summed E-state index contributed by atoms with van der Waals surface area (Å²) in [6.45, 7) is 1.77. The molecule has 0 aromatic rings. The number of hydrogen-bond acceptors (Lipinski definition) is 18. The number of aliphatic hydroxyl groups is 11. The van der Waals surface area contributed by atoms with Gasteiger partial charge in [0.15, 0.2) is 18.9 Å². The predicted octanol–water partition coefficient (Wildman–Crippen LogP) is 17.7. The second kappa shape index (κ2) is 71.6. The van der Waals surface area contributed by atoms with Crippen LogP contribution in [0.1, 0.15) is 386 Å². The molecule has 0 radical (unpaired) electrons. The van der Waals surface area contributed by atoms with Gasteiger partial charge in [-0.05, 0) is 70.6 Å². The zero-order chi connectivity index (χ0) is 80.3. The van der Waals surface area contributed by atoms with E-state index in [2.05, 4.69) is 67.8 Å². The van der Waals surface area contributed by atoms with E-state index in [-0.39, 0.29) is 18.9 Å². The molecular weight excluding hydrogens is 1410 g/mol. The van der Waals surface area contributed by atoms with Crippen molar-refractivity contribution in [2.45, 2.75) is 491 Å². The maximum atomic E-state index is 13.5. The lowest BCUT2D eigenvalue weighted by atomic mass is 9.96. The van der Waals surface area contributed by atoms with Gasteiger partial charge in [-0.2, -0.15) is 0 Å². The molecule has 19 heteroatoms. The fraction of sp³-hybridized carbons (Fsp3) is 0.880. The Hall–Kier alpha value is -2.51. The molecule has 1 amide bonds. The lowest BCUT2D eigenvalue weighted by Crippen LogP contribution is -2.66. The van der Waals surface area contributed by atoms with Gasteiger partial charge in [0.2, 0.25) is 5.91 Å². The van der Waals surface area contributed by atoms with Crippen LogP contribution in [0.3, 0.4) is 0 Å². The van der Waals surface area contributed by atoms with Gasteiger partial charge in [0.25, 0.3) is 0 Å². The number of carbonyl (C=O) groups excluding carboxylic acids is 1. The van der Waals surface area contributed by atoms with Gasteiger partial charge in [-0.15, -0.1) is 0 Å². The standard InChI is InChI=1S/C92H169NO18/c1-3-5-7-9-11-13-15-17-19-21-23-25-27-29-31-32-33-34-35-36-37-38-39-40-41-42-44-46-48-50-52-54-56-58-60-62-64-66-68-70-80(98)93-75(76(97)69-67-65-63-61-59-57-55-53-51-49-47-45-43-30-28-26-24-22-20-18-16-14-12-10-8-6-4-2)74-106-90-86(104)83(101)88(78(72-95)108-90)111-92-87(105)84(102)89(79(73-96)109-92)110-91-85(103)82(100)81(99)77(71-94)107-91/h15,17,21,23,27,29,59,61,67,69,75-79,81-92,94-97,99-105H,3-14,16,18-20,22,24-26,28,30-58,60,62-66,68,70-74H2,1-2H3,(H,93,98)/b17-15-,23-21-,29-27-,61-59+,69-67+. The molecule has 3 rings (SSSR count). The zero-order valence-electron chi connectivity index (χ0n) is 70.2. The van der Waals surface area contributed by atoms with E-state index in [9.17, 15) is 61.0 Å². The zero-order valence-corrected chi connectivity index (χ0v) is 70.2. The number of carbonyl (C=O) groups is 1. The molecule has 17 unspecified atom stereocenters. The Morgan fingerprint density at radius 3 is 0.964 bits per heavy atom. The molecule has 3 saturated heterocycles. The molecule has 0 aromatic heterocycles. The second-order valence-corrected chi connectivity index (χ2v) is 32.8. The summed E-state index contributed by atoms with van der Waals surface area (Å²) < 4.78 is 34.5. The SMILES string of the molecule is CCCCCCC/C=C\C/C=C\C/C=C\CCCCCCCCCCCCCCCCCCCCCCCCCCC(=O)NC(COC1OC(CO)C(OC2OC(CO)C(OC3OC(CO)C(O)C(O)C3O)C(O)C2O)C(O)C1O)C(O)/C=C/CC/C=C/CCCCCCCCCCCCCCCCCCCCCCC. The summed E-state index contributed by atoms with van der Waals surface area (Å²) >= 11 is 0. The van der Waals surface area contributed by atoms with Crippen LogP contribution in [-0.2, 0) is 33.2 Å². The number of rotatable bonds is 75. The normalized spacial score (nSPS) is 25.3. The molecule has 0 bridgehead atoms. The Labute approximate surface area is 675 Å². The summed E-state index contributed by atoms with van der Waals surface area (Å²) in [6, 6.07) is -0.992. The minimum absolute atomic E-state index is 0.238. The summed E-state index contributed by atoms with van der Waals surface area (Å²) in [6.07, 6.45) is 68.1. The van der Waals surface area contributed by atoms with E-state index in [1.165, 1.54) is 302 Å². The fourth-order valence-corrected chi connectivity index (χ4v) is 15.5. The van der Waals surface area contributed by atoms with Crippen LogP contribution >= 0.6 is 0 Å². The van der Waals surface area contributed by atoms with Crippen molar-refractivity contribution in [2.75, 3.05) is 26.4 Å². The largest absolute Gasteiger partial charge is 0.394 e. The van der Waals surface area contributed by atoms with Crippen LogP contribution in [0.2, 0.25) is 0 Å². The number of allylic oxidation sites excluding steroid dienone is 9. The first-order valence-corrected chi connectivity index (χ1v) is 46.0. The first-order valence-electron chi connectivity index (χ1n) is 46.0. The van der Waals surface area contributed by atoms with Gasteiger partial charge in [-0.1, -0.05) is 370 Å². The van der Waals surface area contributed by atoms with Crippen LogP contribution in [0.4, 0.5) is 0 Å². The summed E-state index contributed by atoms with van der Waals surface area (Å²) in [7, 11) is 0. The first kappa shape index (κ1) is 103. The molecule has 19 nitrogen and oxygen atoms in total. The summed E-state index contributed by atoms with van der Waals surface area (Å²) in [5.74, 6) is -0.278. The van der Waals surface area contributed by atoms with Crippen molar-refractivity contribution < 1.29 is 89.4 Å². The third-order valence-electron chi connectivity index (χ3n) is 22.8. The average Bonchev–Trinajstić information content (AvgIpc) is 0.780. The van der Waals surface area contributed by atoms with Gasteiger partial charge < -0.3 is 89.9 Å². The number of nitrogens with one attached hydrogen (secondary N) is 1. The molecular formula is C92H169NO18. The molecule has 3 aliphatic rings. The minimum atomic E-state index is -1.98. The lowest BCUT2D eigenvalue weighted by molar-refractivity contribution is -0.379. The lowest BCUT2D eigenvalue weighted by Gasteiger charge is -2.48. The van der Waals surface area contributed by atoms with Crippen molar-refractivity contribution in [3.63, 3.8) is 0 Å². The fourth-order valence-electron chi connectivity index (χ4n) is 15.5. The predicted molar refractivity (Wildman–Crippen MR) is 448 cm³/mol. The van der Waals surface area contributed by atoms with Crippen molar-refractivity contribution in [1.82, 2.24) is 5.32 Å². The quantitative estimate of drug-likeness (QED) is 0.0199. The number of amides is 1. The maximum Gasteiger partial charge on any atom is 0.220 e. The Balaban J connectivity index is 1.31. The Bertz CT molecular complexity index is 2230. The van der Waals surface area contributed by atoms with Gasteiger partial charge >= 0.3 is 0 Å². The Morgan fingerprint density at radius 1 is 0.324 bits per heavy atom. The maximum absolute atomic E-state index is 13.5. The molecule has 0 aliphatic carbocycles. The highest BCUT2D eigenvalue weighted by Crippen LogP contribution is 2.34. The minimum Gasteiger partial charge on any atom is -0.394 e. The molecule has 3 heterocycles. The van der Waals surface area contributed by atoms with Gasteiger partial charge in [0.1, 0.15) is 73.2 Å². The van der Waals surface area contributed by atoms with E-state index in [0.717, 1.165) is 51.4 Å². The van der Waals surface area contributed by atoms with Gasteiger partial charge in [-0.3, -0.25) is 4.79 Å². The number of unbranched alkanes of at least 4 members (excludes halogenated alkanes) is 51. The van der Waals surface area contributed by atoms with E-state index in [1.807, 2.05) is 6.08 Å². The molecule has 3 fully saturated rings. The Morgan fingerprint density at radius 2 is 0.604 bits per heavy atom. The van der Waals surface area contributed by atoms with Crippen molar-refractivity contribution in [3.8, 4) is 0 Å². The van der Waals surface area contributed by atoms with E-state index < -0.39 is 124 Å². The van der Waals surface area contributed by atoms with Crippen LogP contribution < -0.4 is 5.32 Å². The van der Waals surface area contributed by atoms with Crippen LogP contribution in [0.5, 0.6) is 0 Å². The number of hydrogen-bond donors (Lipinski definition) is 12. The molecule has 111 heavy (non-hydrogen) atoms. The third kappa shape index (κ3) is 50.1. The van der Waals surface area contributed by atoms with Crippen molar-refractivity contribution in [3.05, 3.63) is 60.8 Å². The topological polar surface area (TPSA) is 307 Å². The van der Waals surface area contributed by atoms with Gasteiger partial charge in [0.05, 0.1) is 38.6 Å². The van der Waals surface area contributed by atoms with E-state index in [1.54, 1.807) is 6.08 Å². The van der Waals surface area contributed by atoms with E-state index in [0.29, 0.717) is 12.8 Å². The number of aliphatic hydroxyl groups excluding tert-OH is 11. The molecule has 17 atom stereocenters. The monoisotopic (exact) mass is 1580 g/mol.